The van der Waals surface area contributed by atoms with E-state index in [0.29, 0.717) is 25.3 Å². The molecule has 2 heterocycles. The summed E-state index contributed by atoms with van der Waals surface area (Å²) in [4.78, 5) is 27.3. The van der Waals surface area contributed by atoms with Gasteiger partial charge in [0.25, 0.3) is 5.91 Å². The number of rotatable bonds is 4. The molecule has 0 unspecified atom stereocenters. The van der Waals surface area contributed by atoms with Crippen molar-refractivity contribution in [2.75, 3.05) is 13.1 Å². The molecule has 0 atom stereocenters. The first-order valence-corrected chi connectivity index (χ1v) is 10.8. The molecule has 1 aromatic heterocycles. The Morgan fingerprint density at radius 1 is 1.00 bits per heavy atom. The van der Waals surface area contributed by atoms with Crippen molar-refractivity contribution in [2.24, 2.45) is 5.92 Å². The minimum absolute atomic E-state index is 0.0447. The number of nitrogens with zero attached hydrogens (tertiary/aromatic N) is 3. The van der Waals surface area contributed by atoms with Gasteiger partial charge in [0.15, 0.2) is 0 Å². The Morgan fingerprint density at radius 2 is 1.72 bits per heavy atom. The molecule has 1 saturated heterocycles. The molecule has 4 aromatic rings. The molecule has 0 aliphatic carbocycles. The minimum atomic E-state index is -0.465. The molecule has 3 aromatic carbocycles. The van der Waals surface area contributed by atoms with E-state index in [4.69, 9.17) is 0 Å². The Kier molecular flexibility index (Phi) is 5.31. The summed E-state index contributed by atoms with van der Waals surface area (Å²) < 4.78 is 15.6. The molecule has 7 heteroatoms. The molecule has 1 aliphatic rings. The van der Waals surface area contributed by atoms with Crippen LogP contribution in [-0.2, 0) is 6.42 Å². The molecule has 1 N–H and O–H groups in total. The summed E-state index contributed by atoms with van der Waals surface area (Å²) in [6.45, 7) is 1.28. The lowest BCUT2D eigenvalue weighted by Crippen LogP contribution is -2.39. The predicted octanol–water partition coefficient (Wildman–Crippen LogP) is 3.95. The molecule has 0 spiro atoms. The van der Waals surface area contributed by atoms with Gasteiger partial charge in [-0.1, -0.05) is 48.5 Å². The number of carbonyl (C=O) groups is 1. The quantitative estimate of drug-likeness (QED) is 0.533. The third-order valence-electron chi connectivity index (χ3n) is 6.23. The Labute approximate surface area is 184 Å². The third kappa shape index (κ3) is 3.70. The highest BCUT2D eigenvalue weighted by atomic mass is 19.1. The lowest BCUT2D eigenvalue weighted by atomic mass is 9.92. The lowest BCUT2D eigenvalue weighted by Gasteiger charge is -2.32. The molecule has 1 amide bonds. The molecule has 0 saturated carbocycles. The number of para-hydroxylation sites is 1. The van der Waals surface area contributed by atoms with Gasteiger partial charge >= 0.3 is 5.69 Å². The smallest absolute Gasteiger partial charge is 0.339 e. The zero-order chi connectivity index (χ0) is 22.1. The Bertz CT molecular complexity index is 1330. The van der Waals surface area contributed by atoms with E-state index >= 15 is 0 Å². The van der Waals surface area contributed by atoms with Crippen LogP contribution in [0.1, 0.15) is 29.0 Å². The molecule has 0 radical (unpaired) electrons. The topological polar surface area (TPSA) is 71.0 Å². The summed E-state index contributed by atoms with van der Waals surface area (Å²) in [6.07, 6.45) is 2.15. The molecule has 32 heavy (non-hydrogen) atoms. The van der Waals surface area contributed by atoms with Gasteiger partial charge < -0.3 is 4.90 Å². The van der Waals surface area contributed by atoms with Crippen LogP contribution in [0, 0.1) is 11.7 Å². The van der Waals surface area contributed by atoms with Crippen molar-refractivity contribution in [3.63, 3.8) is 0 Å². The van der Waals surface area contributed by atoms with Crippen LogP contribution < -0.4 is 5.69 Å². The molecule has 5 rings (SSSR count). The summed E-state index contributed by atoms with van der Waals surface area (Å²) in [7, 11) is 0. The second-order valence-electron chi connectivity index (χ2n) is 8.20. The maximum absolute atomic E-state index is 14.3. The van der Waals surface area contributed by atoms with Gasteiger partial charge in [-0.3, -0.25) is 4.79 Å². The van der Waals surface area contributed by atoms with E-state index in [2.05, 4.69) is 10.2 Å². The number of amides is 1. The van der Waals surface area contributed by atoms with E-state index in [-0.39, 0.29) is 17.5 Å². The maximum atomic E-state index is 14.3. The number of carbonyl (C=O) groups excluding carboxylic acids is 1. The number of likely N-dealkylation sites (tertiary alicyclic amines) is 1. The number of nitrogens with one attached hydrogen (secondary N) is 1. The molecule has 6 nitrogen and oxygen atoms in total. The van der Waals surface area contributed by atoms with Crippen molar-refractivity contribution in [2.45, 2.75) is 19.3 Å². The van der Waals surface area contributed by atoms with Crippen LogP contribution in [0.2, 0.25) is 0 Å². The predicted molar refractivity (Wildman–Crippen MR) is 120 cm³/mol. The second kappa shape index (κ2) is 8.42. The van der Waals surface area contributed by atoms with E-state index < -0.39 is 11.5 Å². The van der Waals surface area contributed by atoms with Crippen LogP contribution in [0.3, 0.4) is 0 Å². The fourth-order valence-electron chi connectivity index (χ4n) is 4.53. The summed E-state index contributed by atoms with van der Waals surface area (Å²) >= 11 is 0. The Balaban J connectivity index is 1.30. The first-order chi connectivity index (χ1) is 15.6. The van der Waals surface area contributed by atoms with Gasteiger partial charge in [0.05, 0.1) is 5.69 Å². The SMILES string of the molecule is O=C(c1cccc2ccccc12)N1CCC(Cc2n[nH]c(=O)n2-c2ccccc2F)CC1. The van der Waals surface area contributed by atoms with Gasteiger partial charge in [-0.15, -0.1) is 0 Å². The monoisotopic (exact) mass is 430 g/mol. The third-order valence-corrected chi connectivity index (χ3v) is 6.23. The molecule has 1 aliphatic heterocycles. The van der Waals surface area contributed by atoms with Gasteiger partial charge in [0.1, 0.15) is 11.6 Å². The lowest BCUT2D eigenvalue weighted by molar-refractivity contribution is 0.0691. The molecular formula is C25H23FN4O2. The fourth-order valence-corrected chi connectivity index (χ4v) is 4.53. The number of aromatic nitrogens is 3. The summed E-state index contributed by atoms with van der Waals surface area (Å²) in [5, 5.41) is 8.60. The van der Waals surface area contributed by atoms with Gasteiger partial charge in [0.2, 0.25) is 0 Å². The highest BCUT2D eigenvalue weighted by molar-refractivity contribution is 6.07. The fraction of sp³-hybridized carbons (Fsp3) is 0.240. The average molecular weight is 430 g/mol. The number of piperidine rings is 1. The van der Waals surface area contributed by atoms with Crippen molar-refractivity contribution >= 4 is 16.7 Å². The van der Waals surface area contributed by atoms with Crippen molar-refractivity contribution < 1.29 is 9.18 Å². The van der Waals surface area contributed by atoms with Crippen molar-refractivity contribution in [1.82, 2.24) is 19.7 Å². The summed E-state index contributed by atoms with van der Waals surface area (Å²) in [6, 6.07) is 19.9. The number of benzene rings is 3. The molecule has 0 bridgehead atoms. The van der Waals surface area contributed by atoms with Crippen LogP contribution >= 0.6 is 0 Å². The van der Waals surface area contributed by atoms with Crippen LogP contribution in [0.5, 0.6) is 0 Å². The number of halogens is 1. The van der Waals surface area contributed by atoms with Gasteiger partial charge in [-0.25, -0.2) is 18.9 Å². The number of H-pyrrole nitrogens is 1. The van der Waals surface area contributed by atoms with Crippen LogP contribution in [0.15, 0.2) is 71.5 Å². The zero-order valence-corrected chi connectivity index (χ0v) is 17.5. The first-order valence-electron chi connectivity index (χ1n) is 10.8. The normalized spacial score (nSPS) is 14.7. The number of fused-ring (bicyclic) bond motifs is 1. The van der Waals surface area contributed by atoms with E-state index in [1.54, 1.807) is 18.2 Å². The van der Waals surface area contributed by atoms with E-state index in [1.807, 2.05) is 47.4 Å². The summed E-state index contributed by atoms with van der Waals surface area (Å²) in [5.41, 5.74) is 0.473. The Hall–Kier alpha value is -3.74. The zero-order valence-electron chi connectivity index (χ0n) is 17.5. The second-order valence-corrected chi connectivity index (χ2v) is 8.20. The van der Waals surface area contributed by atoms with E-state index in [9.17, 15) is 14.0 Å². The van der Waals surface area contributed by atoms with Crippen LogP contribution in [0.25, 0.3) is 16.5 Å². The molecule has 162 valence electrons. The van der Waals surface area contributed by atoms with E-state index in [0.717, 1.165) is 29.2 Å². The van der Waals surface area contributed by atoms with Crippen molar-refractivity contribution in [1.29, 1.82) is 0 Å². The first kappa shape index (κ1) is 20.2. The van der Waals surface area contributed by atoms with Crippen LogP contribution in [0.4, 0.5) is 4.39 Å². The van der Waals surface area contributed by atoms with Crippen molar-refractivity contribution in [3.8, 4) is 5.69 Å². The standard InChI is InChI=1S/C25H23FN4O2/c26-21-10-3-4-11-22(21)30-23(27-28-25(30)32)16-17-12-14-29(15-13-17)24(31)20-9-5-7-18-6-1-2-8-19(18)20/h1-11,17H,12-16H2,(H,28,32). The largest absolute Gasteiger partial charge is 0.348 e. The van der Waals surface area contributed by atoms with E-state index in [1.165, 1.54) is 10.6 Å². The number of aromatic amines is 1. The maximum Gasteiger partial charge on any atom is 0.348 e. The average Bonchev–Trinajstić information content (AvgIpc) is 3.18. The van der Waals surface area contributed by atoms with Crippen LogP contribution in [-0.4, -0.2) is 38.7 Å². The highest BCUT2D eigenvalue weighted by Gasteiger charge is 2.26. The number of hydrogen-bond acceptors (Lipinski definition) is 3. The van der Waals surface area contributed by atoms with Gasteiger partial charge in [-0.05, 0) is 47.7 Å². The minimum Gasteiger partial charge on any atom is -0.339 e. The van der Waals surface area contributed by atoms with Gasteiger partial charge in [-0.2, -0.15) is 5.10 Å². The van der Waals surface area contributed by atoms with Gasteiger partial charge in [0, 0.05) is 25.1 Å². The summed E-state index contributed by atoms with van der Waals surface area (Å²) in [5.74, 6) is 0.349. The molecular weight excluding hydrogens is 407 g/mol. The Morgan fingerprint density at radius 3 is 2.53 bits per heavy atom. The number of hydrogen-bond donors (Lipinski definition) is 1. The van der Waals surface area contributed by atoms with Crippen molar-refractivity contribution in [3.05, 3.63) is 94.4 Å². The molecule has 1 fully saturated rings. The highest BCUT2D eigenvalue weighted by Crippen LogP contribution is 2.25.